The standard InChI is InChI=1S/C17H18ClN3O2S/c1-12-5-6-14(10-16(12)18)20-17(24)21-19-11-13-3-2-4-15(9-13)23-8-7-22/h2-6,9-11,22H,7-8H2,1H3,(H2,20,21,24). The maximum atomic E-state index is 8.76. The Morgan fingerprint density at radius 2 is 2.17 bits per heavy atom. The van der Waals surface area contributed by atoms with Crippen molar-refractivity contribution in [3.63, 3.8) is 0 Å². The average molecular weight is 364 g/mol. The fourth-order valence-electron chi connectivity index (χ4n) is 1.84. The number of thiocarbonyl (C=S) groups is 1. The van der Waals surface area contributed by atoms with Gasteiger partial charge in [-0.15, -0.1) is 0 Å². The van der Waals surface area contributed by atoms with E-state index in [1.54, 1.807) is 12.3 Å². The number of anilines is 1. The summed E-state index contributed by atoms with van der Waals surface area (Å²) >= 11 is 11.3. The summed E-state index contributed by atoms with van der Waals surface area (Å²) in [7, 11) is 0. The highest BCUT2D eigenvalue weighted by Gasteiger charge is 2.00. The second-order valence-electron chi connectivity index (χ2n) is 4.93. The number of aryl methyl sites for hydroxylation is 1. The predicted octanol–water partition coefficient (Wildman–Crippen LogP) is 3.34. The summed E-state index contributed by atoms with van der Waals surface area (Å²) in [6.07, 6.45) is 1.63. The zero-order valence-electron chi connectivity index (χ0n) is 13.1. The summed E-state index contributed by atoms with van der Waals surface area (Å²) in [4.78, 5) is 0. The quantitative estimate of drug-likeness (QED) is 0.417. The summed E-state index contributed by atoms with van der Waals surface area (Å²) in [6.45, 7) is 2.17. The molecule has 0 aromatic heterocycles. The molecule has 0 aliphatic heterocycles. The van der Waals surface area contributed by atoms with E-state index in [0.717, 1.165) is 16.8 Å². The predicted molar refractivity (Wildman–Crippen MR) is 102 cm³/mol. The monoisotopic (exact) mass is 363 g/mol. The molecule has 2 aromatic rings. The molecular weight excluding hydrogens is 346 g/mol. The van der Waals surface area contributed by atoms with Gasteiger partial charge in [-0.1, -0.05) is 29.8 Å². The molecule has 0 spiro atoms. The summed E-state index contributed by atoms with van der Waals surface area (Å²) in [5.41, 5.74) is 5.38. The van der Waals surface area contributed by atoms with Crippen molar-refractivity contribution in [1.29, 1.82) is 0 Å². The number of halogens is 1. The van der Waals surface area contributed by atoms with Crippen LogP contribution < -0.4 is 15.5 Å². The lowest BCUT2D eigenvalue weighted by Crippen LogP contribution is -2.23. The van der Waals surface area contributed by atoms with Crippen molar-refractivity contribution in [3.8, 4) is 5.75 Å². The Kier molecular flexibility index (Phi) is 6.99. The van der Waals surface area contributed by atoms with Gasteiger partial charge in [-0.25, -0.2) is 0 Å². The van der Waals surface area contributed by atoms with Crippen LogP contribution in [0.4, 0.5) is 5.69 Å². The summed E-state index contributed by atoms with van der Waals surface area (Å²) in [6, 6.07) is 13.0. The molecule has 0 amide bonds. The number of benzene rings is 2. The van der Waals surface area contributed by atoms with Gasteiger partial charge in [-0.2, -0.15) is 5.10 Å². The zero-order valence-corrected chi connectivity index (χ0v) is 14.7. The Balaban J connectivity index is 1.88. The first kappa shape index (κ1) is 18.2. The van der Waals surface area contributed by atoms with Gasteiger partial charge in [-0.3, -0.25) is 5.43 Å². The van der Waals surface area contributed by atoms with Gasteiger partial charge in [-0.05, 0) is 54.5 Å². The minimum Gasteiger partial charge on any atom is -0.491 e. The highest BCUT2D eigenvalue weighted by atomic mass is 35.5. The van der Waals surface area contributed by atoms with Gasteiger partial charge in [0.2, 0.25) is 0 Å². The molecule has 0 bridgehead atoms. The number of hydrogen-bond acceptors (Lipinski definition) is 4. The smallest absolute Gasteiger partial charge is 0.191 e. The molecule has 5 nitrogen and oxygen atoms in total. The Labute approximate surface area is 151 Å². The molecule has 24 heavy (non-hydrogen) atoms. The van der Waals surface area contributed by atoms with Gasteiger partial charge in [0.25, 0.3) is 0 Å². The molecule has 3 N–H and O–H groups in total. The molecule has 7 heteroatoms. The highest BCUT2D eigenvalue weighted by Crippen LogP contribution is 2.19. The molecule has 0 saturated heterocycles. The highest BCUT2D eigenvalue weighted by molar-refractivity contribution is 7.80. The lowest BCUT2D eigenvalue weighted by molar-refractivity contribution is 0.201. The van der Waals surface area contributed by atoms with Crippen molar-refractivity contribution in [2.45, 2.75) is 6.92 Å². The number of nitrogens with zero attached hydrogens (tertiary/aromatic N) is 1. The molecule has 2 rings (SSSR count). The van der Waals surface area contributed by atoms with Gasteiger partial charge >= 0.3 is 0 Å². The number of nitrogens with one attached hydrogen (secondary N) is 2. The van der Waals surface area contributed by atoms with Crippen molar-refractivity contribution in [3.05, 3.63) is 58.6 Å². The van der Waals surface area contributed by atoms with Gasteiger partial charge in [0.15, 0.2) is 5.11 Å². The van der Waals surface area contributed by atoms with E-state index in [0.29, 0.717) is 15.9 Å². The van der Waals surface area contributed by atoms with Crippen LogP contribution in [-0.4, -0.2) is 29.6 Å². The third-order valence-electron chi connectivity index (χ3n) is 3.03. The minimum absolute atomic E-state index is 0.0250. The Hall–Kier alpha value is -2.15. The van der Waals surface area contributed by atoms with E-state index >= 15 is 0 Å². The van der Waals surface area contributed by atoms with Crippen LogP contribution in [0.25, 0.3) is 0 Å². The normalized spacial score (nSPS) is 10.6. The third-order valence-corrected chi connectivity index (χ3v) is 3.63. The molecule has 0 fully saturated rings. The SMILES string of the molecule is Cc1ccc(NC(=S)NN=Cc2cccc(OCCO)c2)cc1Cl. The number of aliphatic hydroxyl groups is 1. The van der Waals surface area contributed by atoms with Gasteiger partial charge in [0.1, 0.15) is 12.4 Å². The molecule has 0 radical (unpaired) electrons. The van der Waals surface area contributed by atoms with Crippen LogP contribution in [0.15, 0.2) is 47.6 Å². The molecule has 0 aliphatic carbocycles. The number of rotatable bonds is 6. The number of aliphatic hydroxyl groups excluding tert-OH is 1. The molecular formula is C17H18ClN3O2S. The molecule has 0 heterocycles. The zero-order chi connectivity index (χ0) is 17.4. The van der Waals surface area contributed by atoms with Crippen LogP contribution in [-0.2, 0) is 0 Å². The van der Waals surface area contributed by atoms with E-state index in [1.165, 1.54) is 0 Å². The fraction of sp³-hybridized carbons (Fsp3) is 0.176. The van der Waals surface area contributed by atoms with Gasteiger partial charge < -0.3 is 15.2 Å². The van der Waals surface area contributed by atoms with Crippen LogP contribution in [0.5, 0.6) is 5.75 Å². The second kappa shape index (κ2) is 9.22. The maximum Gasteiger partial charge on any atom is 0.191 e. The van der Waals surface area contributed by atoms with Crippen molar-refractivity contribution >= 4 is 40.8 Å². The lowest BCUT2D eigenvalue weighted by atomic mass is 10.2. The molecule has 126 valence electrons. The summed E-state index contributed by atoms with van der Waals surface area (Å²) < 4.78 is 5.34. The van der Waals surface area contributed by atoms with E-state index in [4.69, 9.17) is 33.7 Å². The number of ether oxygens (including phenoxy) is 1. The van der Waals surface area contributed by atoms with E-state index in [2.05, 4.69) is 15.8 Å². The third kappa shape index (κ3) is 5.81. The van der Waals surface area contributed by atoms with Crippen LogP contribution in [0.2, 0.25) is 5.02 Å². The van der Waals surface area contributed by atoms with Crippen LogP contribution >= 0.6 is 23.8 Å². The Morgan fingerprint density at radius 3 is 2.92 bits per heavy atom. The number of hydrogen-bond donors (Lipinski definition) is 3. The Bertz CT molecular complexity index is 738. The first-order valence-electron chi connectivity index (χ1n) is 7.28. The topological polar surface area (TPSA) is 65.9 Å². The molecule has 0 saturated carbocycles. The number of hydrazone groups is 1. The van der Waals surface area contributed by atoms with E-state index < -0.39 is 0 Å². The van der Waals surface area contributed by atoms with E-state index in [-0.39, 0.29) is 13.2 Å². The average Bonchev–Trinajstić information content (AvgIpc) is 2.57. The Morgan fingerprint density at radius 1 is 1.33 bits per heavy atom. The largest absolute Gasteiger partial charge is 0.491 e. The second-order valence-corrected chi connectivity index (χ2v) is 5.75. The van der Waals surface area contributed by atoms with Crippen molar-refractivity contribution in [2.75, 3.05) is 18.5 Å². The van der Waals surface area contributed by atoms with Crippen molar-refractivity contribution in [2.24, 2.45) is 5.10 Å². The first-order chi connectivity index (χ1) is 11.6. The van der Waals surface area contributed by atoms with Crippen molar-refractivity contribution in [1.82, 2.24) is 5.43 Å². The van der Waals surface area contributed by atoms with E-state index in [9.17, 15) is 0 Å². The molecule has 2 aromatic carbocycles. The summed E-state index contributed by atoms with van der Waals surface area (Å²) in [5.74, 6) is 0.669. The fourth-order valence-corrected chi connectivity index (χ4v) is 2.19. The van der Waals surface area contributed by atoms with E-state index in [1.807, 2.05) is 43.3 Å². The van der Waals surface area contributed by atoms with Crippen LogP contribution in [0.1, 0.15) is 11.1 Å². The van der Waals surface area contributed by atoms with Gasteiger partial charge in [0.05, 0.1) is 12.8 Å². The molecule has 0 atom stereocenters. The van der Waals surface area contributed by atoms with Gasteiger partial charge in [0, 0.05) is 10.7 Å². The molecule has 0 aliphatic rings. The summed E-state index contributed by atoms with van der Waals surface area (Å²) in [5, 5.41) is 16.9. The lowest BCUT2D eigenvalue weighted by Gasteiger charge is -2.08. The molecule has 0 unspecified atom stereocenters. The first-order valence-corrected chi connectivity index (χ1v) is 8.07. The maximum absolute atomic E-state index is 8.76. The van der Waals surface area contributed by atoms with Crippen molar-refractivity contribution < 1.29 is 9.84 Å². The minimum atomic E-state index is -0.0250. The van der Waals surface area contributed by atoms with Crippen LogP contribution in [0, 0.1) is 6.92 Å². The van der Waals surface area contributed by atoms with Crippen LogP contribution in [0.3, 0.4) is 0 Å².